The van der Waals surface area contributed by atoms with E-state index in [1.54, 1.807) is 29.4 Å². The number of amides is 1. The smallest absolute Gasteiger partial charge is 0.255 e. The lowest BCUT2D eigenvalue weighted by atomic mass is 10.1. The zero-order valence-corrected chi connectivity index (χ0v) is 11.8. The molecule has 0 saturated heterocycles. The number of carbonyl (C=O) groups is 1. The standard InChI is InChI=1S/C16H16N2O3/c1-2-18(16(19)13-4-3-7-17-9-13)10-12-5-6-14-15(8-12)21-11-20-14/h3-9H,2,10-11H2,1H3. The van der Waals surface area contributed by atoms with E-state index >= 15 is 0 Å². The fourth-order valence-electron chi connectivity index (χ4n) is 2.26. The number of carbonyl (C=O) groups excluding carboxylic acids is 1. The third-order valence-electron chi connectivity index (χ3n) is 3.39. The maximum absolute atomic E-state index is 12.4. The number of fused-ring (bicyclic) bond motifs is 1. The summed E-state index contributed by atoms with van der Waals surface area (Å²) in [4.78, 5) is 18.2. The zero-order valence-electron chi connectivity index (χ0n) is 11.8. The average Bonchev–Trinajstić information content (AvgIpc) is 3.00. The van der Waals surface area contributed by atoms with Crippen LogP contribution in [0.4, 0.5) is 0 Å². The lowest BCUT2D eigenvalue weighted by molar-refractivity contribution is 0.0752. The molecule has 5 nitrogen and oxygen atoms in total. The molecule has 0 radical (unpaired) electrons. The first kappa shape index (κ1) is 13.4. The van der Waals surface area contributed by atoms with Crippen molar-refractivity contribution in [2.45, 2.75) is 13.5 Å². The van der Waals surface area contributed by atoms with E-state index in [2.05, 4.69) is 4.98 Å². The van der Waals surface area contributed by atoms with Gasteiger partial charge in [-0.1, -0.05) is 6.07 Å². The summed E-state index contributed by atoms with van der Waals surface area (Å²) in [6.45, 7) is 3.37. The molecule has 108 valence electrons. The Hall–Kier alpha value is -2.56. The monoisotopic (exact) mass is 284 g/mol. The van der Waals surface area contributed by atoms with Gasteiger partial charge in [-0.05, 0) is 36.8 Å². The number of hydrogen-bond donors (Lipinski definition) is 0. The van der Waals surface area contributed by atoms with E-state index in [9.17, 15) is 4.79 Å². The van der Waals surface area contributed by atoms with Crippen molar-refractivity contribution in [1.29, 1.82) is 0 Å². The molecule has 0 unspecified atom stereocenters. The van der Waals surface area contributed by atoms with Gasteiger partial charge in [-0.15, -0.1) is 0 Å². The van der Waals surface area contributed by atoms with Crippen LogP contribution >= 0.6 is 0 Å². The molecule has 0 aliphatic carbocycles. The fraction of sp³-hybridized carbons (Fsp3) is 0.250. The number of pyridine rings is 1. The first-order valence-electron chi connectivity index (χ1n) is 6.85. The number of nitrogens with zero attached hydrogens (tertiary/aromatic N) is 2. The highest BCUT2D eigenvalue weighted by Crippen LogP contribution is 2.32. The van der Waals surface area contributed by atoms with Gasteiger partial charge < -0.3 is 14.4 Å². The molecule has 3 rings (SSSR count). The van der Waals surface area contributed by atoms with E-state index in [0.29, 0.717) is 18.7 Å². The molecular weight excluding hydrogens is 268 g/mol. The van der Waals surface area contributed by atoms with E-state index in [-0.39, 0.29) is 12.7 Å². The lowest BCUT2D eigenvalue weighted by Crippen LogP contribution is -2.30. The van der Waals surface area contributed by atoms with Crippen LogP contribution in [0.1, 0.15) is 22.8 Å². The van der Waals surface area contributed by atoms with Crippen molar-refractivity contribution >= 4 is 5.91 Å². The molecule has 1 aromatic heterocycles. The van der Waals surface area contributed by atoms with Crippen molar-refractivity contribution < 1.29 is 14.3 Å². The minimum Gasteiger partial charge on any atom is -0.454 e. The van der Waals surface area contributed by atoms with Crippen LogP contribution in [0.25, 0.3) is 0 Å². The molecule has 0 atom stereocenters. The molecule has 1 aliphatic heterocycles. The summed E-state index contributed by atoms with van der Waals surface area (Å²) < 4.78 is 10.7. The van der Waals surface area contributed by atoms with Crippen LogP contribution in [0, 0.1) is 0 Å². The van der Waals surface area contributed by atoms with Crippen LogP contribution in [-0.4, -0.2) is 29.1 Å². The summed E-state index contributed by atoms with van der Waals surface area (Å²) in [5.74, 6) is 1.46. The van der Waals surface area contributed by atoms with E-state index in [4.69, 9.17) is 9.47 Å². The van der Waals surface area contributed by atoms with E-state index in [1.165, 1.54) is 0 Å². The van der Waals surface area contributed by atoms with Gasteiger partial charge in [0.25, 0.3) is 5.91 Å². The molecule has 2 aromatic rings. The highest BCUT2D eigenvalue weighted by atomic mass is 16.7. The maximum atomic E-state index is 12.4. The Morgan fingerprint density at radius 2 is 2.14 bits per heavy atom. The largest absolute Gasteiger partial charge is 0.454 e. The molecule has 5 heteroatoms. The van der Waals surface area contributed by atoms with Crippen molar-refractivity contribution in [2.24, 2.45) is 0 Å². The molecule has 21 heavy (non-hydrogen) atoms. The summed E-state index contributed by atoms with van der Waals surface area (Å²) in [5, 5.41) is 0. The normalized spacial score (nSPS) is 12.2. The highest BCUT2D eigenvalue weighted by Gasteiger charge is 2.17. The van der Waals surface area contributed by atoms with Crippen LogP contribution in [0.5, 0.6) is 11.5 Å². The second kappa shape index (κ2) is 5.83. The summed E-state index contributed by atoms with van der Waals surface area (Å²) in [7, 11) is 0. The van der Waals surface area contributed by atoms with Crippen molar-refractivity contribution in [2.75, 3.05) is 13.3 Å². The minimum atomic E-state index is -0.0248. The molecule has 1 amide bonds. The van der Waals surface area contributed by atoms with Crippen molar-refractivity contribution in [3.63, 3.8) is 0 Å². The van der Waals surface area contributed by atoms with Gasteiger partial charge in [-0.25, -0.2) is 0 Å². The van der Waals surface area contributed by atoms with Crippen molar-refractivity contribution in [3.8, 4) is 11.5 Å². The molecule has 0 saturated carbocycles. The van der Waals surface area contributed by atoms with Gasteiger partial charge in [0.2, 0.25) is 6.79 Å². The van der Waals surface area contributed by atoms with Gasteiger partial charge >= 0.3 is 0 Å². The van der Waals surface area contributed by atoms with Gasteiger partial charge in [0, 0.05) is 25.5 Å². The average molecular weight is 284 g/mol. The molecule has 0 N–H and O–H groups in total. The number of ether oxygens (including phenoxy) is 2. The molecule has 0 fully saturated rings. The van der Waals surface area contributed by atoms with Gasteiger partial charge in [-0.3, -0.25) is 9.78 Å². The molecule has 1 aliphatic rings. The third kappa shape index (κ3) is 2.81. The summed E-state index contributed by atoms with van der Waals surface area (Å²) >= 11 is 0. The van der Waals surface area contributed by atoms with Gasteiger partial charge in [0.1, 0.15) is 0 Å². The van der Waals surface area contributed by atoms with Crippen LogP contribution in [0.3, 0.4) is 0 Å². The number of aromatic nitrogens is 1. The van der Waals surface area contributed by atoms with Crippen molar-refractivity contribution in [1.82, 2.24) is 9.88 Å². The van der Waals surface area contributed by atoms with E-state index in [1.807, 2.05) is 25.1 Å². The number of rotatable bonds is 4. The zero-order chi connectivity index (χ0) is 14.7. The summed E-state index contributed by atoms with van der Waals surface area (Å²) in [5.41, 5.74) is 1.61. The van der Waals surface area contributed by atoms with Gasteiger partial charge in [0.15, 0.2) is 11.5 Å². The maximum Gasteiger partial charge on any atom is 0.255 e. The quantitative estimate of drug-likeness (QED) is 0.865. The van der Waals surface area contributed by atoms with Crippen molar-refractivity contribution in [3.05, 3.63) is 53.9 Å². The minimum absolute atomic E-state index is 0.0248. The fourth-order valence-corrected chi connectivity index (χ4v) is 2.26. The number of benzene rings is 1. The van der Waals surface area contributed by atoms with Crippen LogP contribution in [0.15, 0.2) is 42.7 Å². The first-order valence-corrected chi connectivity index (χ1v) is 6.85. The summed E-state index contributed by atoms with van der Waals surface area (Å²) in [6, 6.07) is 9.29. The van der Waals surface area contributed by atoms with Crippen LogP contribution < -0.4 is 9.47 Å². The molecule has 2 heterocycles. The predicted octanol–water partition coefficient (Wildman–Crippen LogP) is 2.47. The molecular formula is C16H16N2O3. The lowest BCUT2D eigenvalue weighted by Gasteiger charge is -2.21. The number of hydrogen-bond acceptors (Lipinski definition) is 4. The molecule has 0 spiro atoms. The third-order valence-corrected chi connectivity index (χ3v) is 3.39. The van der Waals surface area contributed by atoms with E-state index < -0.39 is 0 Å². The second-order valence-corrected chi connectivity index (χ2v) is 4.75. The Morgan fingerprint density at radius 1 is 1.29 bits per heavy atom. The topological polar surface area (TPSA) is 51.7 Å². The SMILES string of the molecule is CCN(Cc1ccc2c(c1)OCO2)C(=O)c1cccnc1. The first-order chi connectivity index (χ1) is 10.3. The predicted molar refractivity (Wildman–Crippen MR) is 77.2 cm³/mol. The Kier molecular flexibility index (Phi) is 3.73. The van der Waals surface area contributed by atoms with Crippen LogP contribution in [0.2, 0.25) is 0 Å². The Morgan fingerprint density at radius 3 is 2.90 bits per heavy atom. The Labute approximate surface area is 123 Å². The second-order valence-electron chi connectivity index (χ2n) is 4.75. The summed E-state index contributed by atoms with van der Waals surface area (Å²) in [6.07, 6.45) is 3.25. The van der Waals surface area contributed by atoms with Gasteiger partial charge in [0.05, 0.1) is 5.56 Å². The highest BCUT2D eigenvalue weighted by molar-refractivity contribution is 5.93. The molecule has 1 aromatic carbocycles. The molecule has 0 bridgehead atoms. The Bertz CT molecular complexity index is 643. The van der Waals surface area contributed by atoms with E-state index in [0.717, 1.165) is 17.1 Å². The van der Waals surface area contributed by atoms with Crippen LogP contribution in [-0.2, 0) is 6.54 Å². The van der Waals surface area contributed by atoms with Gasteiger partial charge in [-0.2, -0.15) is 0 Å². The Balaban J connectivity index is 1.77.